The molecule has 1 unspecified atom stereocenters. The van der Waals surface area contributed by atoms with Gasteiger partial charge in [-0.3, -0.25) is 9.79 Å². The van der Waals surface area contributed by atoms with Gasteiger partial charge in [0.2, 0.25) is 5.91 Å². The third kappa shape index (κ3) is 3.36. The number of hydrogen-bond donors (Lipinski definition) is 2. The molecule has 0 radical (unpaired) electrons. The van der Waals surface area contributed by atoms with Gasteiger partial charge in [0.25, 0.3) is 0 Å². The second-order valence-corrected chi connectivity index (χ2v) is 3.67. The van der Waals surface area contributed by atoms with Crippen molar-refractivity contribution in [3.8, 4) is 0 Å². The Morgan fingerprint density at radius 3 is 3.14 bits per heavy atom. The van der Waals surface area contributed by atoms with E-state index in [0.717, 1.165) is 38.6 Å². The molecule has 80 valence electrons. The van der Waals surface area contributed by atoms with Crippen LogP contribution in [0.5, 0.6) is 0 Å². The maximum Gasteiger partial charge on any atom is 0.244 e. The highest BCUT2D eigenvalue weighted by atomic mass is 16.2. The molecule has 1 fully saturated rings. The van der Waals surface area contributed by atoms with Gasteiger partial charge in [-0.25, -0.2) is 0 Å². The summed E-state index contributed by atoms with van der Waals surface area (Å²) in [4.78, 5) is 15.7. The average Bonchev–Trinajstić information content (AvgIpc) is 2.33. The van der Waals surface area contributed by atoms with Crippen LogP contribution in [0.3, 0.4) is 0 Å². The average molecular weight is 197 g/mol. The van der Waals surface area contributed by atoms with Crippen LogP contribution in [0.15, 0.2) is 4.99 Å². The van der Waals surface area contributed by atoms with Gasteiger partial charge in [0, 0.05) is 13.0 Å². The minimum atomic E-state index is -0.246. The summed E-state index contributed by atoms with van der Waals surface area (Å²) in [7, 11) is 0. The van der Waals surface area contributed by atoms with E-state index in [-0.39, 0.29) is 11.9 Å². The van der Waals surface area contributed by atoms with Crippen LogP contribution in [-0.4, -0.2) is 24.3 Å². The zero-order valence-corrected chi connectivity index (χ0v) is 8.75. The molecule has 0 aromatic carbocycles. The van der Waals surface area contributed by atoms with E-state index in [1.165, 1.54) is 0 Å². The van der Waals surface area contributed by atoms with Crippen LogP contribution in [-0.2, 0) is 4.79 Å². The molecular formula is C10H19N3O. The number of aliphatic imine (C=N–C) groups is 1. The Morgan fingerprint density at radius 2 is 2.43 bits per heavy atom. The summed E-state index contributed by atoms with van der Waals surface area (Å²) >= 11 is 0. The molecule has 1 heterocycles. The van der Waals surface area contributed by atoms with Crippen molar-refractivity contribution >= 4 is 11.7 Å². The van der Waals surface area contributed by atoms with Crippen molar-refractivity contribution in [1.29, 1.82) is 0 Å². The van der Waals surface area contributed by atoms with Gasteiger partial charge in [-0.05, 0) is 25.7 Å². The normalized spacial score (nSPS) is 24.2. The molecule has 1 amide bonds. The Kier molecular flexibility index (Phi) is 4.43. The smallest absolute Gasteiger partial charge is 0.244 e. The number of carbonyl (C=O) groups excluding carboxylic acids is 1. The van der Waals surface area contributed by atoms with Crippen LogP contribution >= 0.6 is 0 Å². The minimum Gasteiger partial charge on any atom is -0.387 e. The molecular weight excluding hydrogens is 178 g/mol. The number of carbonyl (C=O) groups is 1. The quantitative estimate of drug-likeness (QED) is 0.519. The second kappa shape index (κ2) is 5.62. The molecule has 0 spiro atoms. The van der Waals surface area contributed by atoms with Crippen molar-refractivity contribution < 1.29 is 4.79 Å². The lowest BCUT2D eigenvalue weighted by atomic mass is 10.1. The van der Waals surface area contributed by atoms with E-state index in [2.05, 4.69) is 17.2 Å². The third-order valence-corrected chi connectivity index (χ3v) is 2.33. The first-order valence-electron chi connectivity index (χ1n) is 5.34. The lowest BCUT2D eigenvalue weighted by Crippen LogP contribution is -2.33. The number of nitrogens with zero attached hydrogens (tertiary/aromatic N) is 1. The van der Waals surface area contributed by atoms with Gasteiger partial charge in [-0.15, -0.1) is 0 Å². The van der Waals surface area contributed by atoms with Crippen LogP contribution < -0.4 is 11.1 Å². The highest BCUT2D eigenvalue weighted by molar-refractivity contribution is 5.87. The van der Waals surface area contributed by atoms with Gasteiger partial charge in [-0.1, -0.05) is 6.92 Å². The first kappa shape index (κ1) is 11.0. The molecule has 0 bridgehead atoms. The summed E-state index contributed by atoms with van der Waals surface area (Å²) in [5.74, 6) is 0.635. The molecule has 1 aliphatic heterocycles. The number of nitrogens with one attached hydrogen (secondary N) is 1. The molecule has 1 saturated heterocycles. The fourth-order valence-electron chi connectivity index (χ4n) is 1.57. The van der Waals surface area contributed by atoms with Crippen LogP contribution in [0.4, 0.5) is 0 Å². The van der Waals surface area contributed by atoms with Crippen molar-refractivity contribution in [2.45, 2.75) is 45.1 Å². The monoisotopic (exact) mass is 197 g/mol. The molecule has 1 aliphatic rings. The van der Waals surface area contributed by atoms with Crippen molar-refractivity contribution in [1.82, 2.24) is 5.32 Å². The standard InChI is InChI=1S/C10H19N3O/c1-2-5-9(11)13-8-6-3-4-7-12-10(8)14/h8H,2-7H2,1H3,(H2,11,13)(H,12,14). The van der Waals surface area contributed by atoms with Gasteiger partial charge in [0.15, 0.2) is 0 Å². The van der Waals surface area contributed by atoms with E-state index in [0.29, 0.717) is 5.84 Å². The first-order valence-corrected chi connectivity index (χ1v) is 5.34. The van der Waals surface area contributed by atoms with Crippen LogP contribution in [0.2, 0.25) is 0 Å². The van der Waals surface area contributed by atoms with Gasteiger partial charge in [0.05, 0.1) is 5.84 Å². The number of rotatable bonds is 3. The third-order valence-electron chi connectivity index (χ3n) is 2.33. The lowest BCUT2D eigenvalue weighted by Gasteiger charge is -2.09. The Bertz CT molecular complexity index is 225. The Hall–Kier alpha value is -1.06. The van der Waals surface area contributed by atoms with E-state index in [1.54, 1.807) is 0 Å². The molecule has 4 heteroatoms. The highest BCUT2D eigenvalue weighted by Gasteiger charge is 2.19. The SMILES string of the molecule is CCCC(N)=NC1CCCCNC1=O. The Balaban J connectivity index is 2.55. The van der Waals surface area contributed by atoms with Crippen molar-refractivity contribution in [2.24, 2.45) is 10.7 Å². The number of amidine groups is 1. The number of nitrogens with two attached hydrogens (primary N) is 1. The predicted molar refractivity (Wildman–Crippen MR) is 57.2 cm³/mol. The van der Waals surface area contributed by atoms with Gasteiger partial charge < -0.3 is 11.1 Å². The fourth-order valence-corrected chi connectivity index (χ4v) is 1.57. The minimum absolute atomic E-state index is 0.0292. The molecule has 4 nitrogen and oxygen atoms in total. The van der Waals surface area contributed by atoms with Crippen molar-refractivity contribution in [3.63, 3.8) is 0 Å². The molecule has 14 heavy (non-hydrogen) atoms. The van der Waals surface area contributed by atoms with E-state index < -0.39 is 0 Å². The molecule has 0 aromatic heterocycles. The van der Waals surface area contributed by atoms with E-state index >= 15 is 0 Å². The maximum atomic E-state index is 11.5. The van der Waals surface area contributed by atoms with Crippen molar-refractivity contribution in [3.05, 3.63) is 0 Å². The highest BCUT2D eigenvalue weighted by Crippen LogP contribution is 2.09. The Labute approximate surface area is 85.0 Å². The summed E-state index contributed by atoms with van der Waals surface area (Å²) in [6.45, 7) is 2.83. The summed E-state index contributed by atoms with van der Waals surface area (Å²) < 4.78 is 0. The van der Waals surface area contributed by atoms with Gasteiger partial charge in [-0.2, -0.15) is 0 Å². The fraction of sp³-hybridized carbons (Fsp3) is 0.800. The van der Waals surface area contributed by atoms with E-state index in [1.807, 2.05) is 0 Å². The number of hydrogen-bond acceptors (Lipinski definition) is 2. The van der Waals surface area contributed by atoms with E-state index in [4.69, 9.17) is 5.73 Å². The number of amides is 1. The van der Waals surface area contributed by atoms with Gasteiger partial charge in [0.1, 0.15) is 6.04 Å². The summed E-state index contributed by atoms with van der Waals surface area (Å²) in [5, 5.41) is 2.84. The van der Waals surface area contributed by atoms with Crippen LogP contribution in [0.25, 0.3) is 0 Å². The first-order chi connectivity index (χ1) is 6.74. The summed E-state index contributed by atoms with van der Waals surface area (Å²) in [5.41, 5.74) is 5.70. The van der Waals surface area contributed by atoms with Crippen LogP contribution in [0, 0.1) is 0 Å². The Morgan fingerprint density at radius 1 is 1.64 bits per heavy atom. The summed E-state index contributed by atoms with van der Waals surface area (Å²) in [6, 6.07) is -0.246. The molecule has 0 saturated carbocycles. The van der Waals surface area contributed by atoms with Crippen LogP contribution in [0.1, 0.15) is 39.0 Å². The van der Waals surface area contributed by atoms with Gasteiger partial charge >= 0.3 is 0 Å². The molecule has 0 aromatic rings. The zero-order chi connectivity index (χ0) is 10.4. The summed E-state index contributed by atoms with van der Waals surface area (Å²) in [6.07, 6.45) is 4.68. The maximum absolute atomic E-state index is 11.5. The zero-order valence-electron chi connectivity index (χ0n) is 8.75. The predicted octanol–water partition coefficient (Wildman–Crippen LogP) is 0.812. The largest absolute Gasteiger partial charge is 0.387 e. The molecule has 1 atom stereocenters. The molecule has 3 N–H and O–H groups in total. The molecule has 0 aliphatic carbocycles. The lowest BCUT2D eigenvalue weighted by molar-refractivity contribution is -0.121. The van der Waals surface area contributed by atoms with E-state index in [9.17, 15) is 4.79 Å². The topological polar surface area (TPSA) is 67.5 Å². The van der Waals surface area contributed by atoms with Crippen molar-refractivity contribution in [2.75, 3.05) is 6.54 Å². The molecule has 1 rings (SSSR count). The second-order valence-electron chi connectivity index (χ2n) is 3.67.